The fraction of sp³-hybridized carbons (Fsp3) is 0.281. The van der Waals surface area contributed by atoms with E-state index >= 15 is 0 Å². The molecule has 7 nitrogen and oxygen atoms in total. The van der Waals surface area contributed by atoms with Crippen molar-refractivity contribution in [1.82, 2.24) is 0 Å². The summed E-state index contributed by atoms with van der Waals surface area (Å²) in [5.74, 6) is -6.91. The number of allylic oxidation sites excluding steroid dienone is 2. The van der Waals surface area contributed by atoms with Crippen molar-refractivity contribution in [2.45, 2.75) is 38.3 Å². The molecule has 0 fully saturated rings. The number of halogens is 4. The number of ether oxygens (including phenoxy) is 2. The lowest BCUT2D eigenvalue weighted by Crippen LogP contribution is -2.46. The lowest BCUT2D eigenvalue weighted by atomic mass is 9.68. The van der Waals surface area contributed by atoms with E-state index < -0.39 is 58.7 Å². The number of thiophene rings is 1. The first-order chi connectivity index (χ1) is 21.0. The molecule has 3 aromatic rings. The number of esters is 2. The van der Waals surface area contributed by atoms with Gasteiger partial charge in [0.15, 0.2) is 5.78 Å². The minimum Gasteiger partial charge on any atom is -0.465 e. The molecule has 0 saturated heterocycles. The second-order valence-electron chi connectivity index (χ2n) is 10.1. The van der Waals surface area contributed by atoms with Crippen LogP contribution in [0.2, 0.25) is 0 Å². The zero-order valence-corrected chi connectivity index (χ0v) is 24.5. The summed E-state index contributed by atoms with van der Waals surface area (Å²) in [4.78, 5) is 43.3. The number of carbonyl (C=O) groups excluding carboxylic acids is 3. The molecule has 12 heteroatoms. The van der Waals surface area contributed by atoms with E-state index in [1.807, 2.05) is 0 Å². The number of alkyl halides is 3. The molecule has 44 heavy (non-hydrogen) atoms. The summed E-state index contributed by atoms with van der Waals surface area (Å²) in [6.45, 7) is 3.02. The maximum absolute atomic E-state index is 14.6. The Hall–Kier alpha value is -4.45. The first-order valence-electron chi connectivity index (χ1n) is 13.8. The molecule has 2 N–H and O–H groups in total. The van der Waals surface area contributed by atoms with Crippen LogP contribution in [0.1, 0.15) is 48.1 Å². The second kappa shape index (κ2) is 12.3. The van der Waals surface area contributed by atoms with Crippen LogP contribution in [-0.2, 0) is 30.0 Å². The molecular weight excluding hydrogens is 600 g/mol. The molecule has 0 radical (unpaired) electrons. The molecule has 230 valence electrons. The third-order valence-electron chi connectivity index (χ3n) is 7.64. The van der Waals surface area contributed by atoms with Gasteiger partial charge in [0.25, 0.3) is 0 Å². The molecule has 0 spiro atoms. The number of ketones is 1. The third-order valence-corrected chi connectivity index (χ3v) is 8.64. The lowest BCUT2D eigenvalue weighted by molar-refractivity contribution is -0.152. The fourth-order valence-corrected chi connectivity index (χ4v) is 6.75. The minimum absolute atomic E-state index is 0.0148. The van der Waals surface area contributed by atoms with Gasteiger partial charge in [-0.2, -0.15) is 13.2 Å². The van der Waals surface area contributed by atoms with Crippen molar-refractivity contribution in [1.29, 1.82) is 0 Å². The minimum atomic E-state index is -4.82. The van der Waals surface area contributed by atoms with Crippen molar-refractivity contribution in [2.75, 3.05) is 18.1 Å². The number of para-hydroxylation sites is 1. The van der Waals surface area contributed by atoms with E-state index in [0.717, 1.165) is 23.1 Å². The predicted octanol–water partition coefficient (Wildman–Crippen LogP) is 6.43. The van der Waals surface area contributed by atoms with Crippen LogP contribution in [0.3, 0.4) is 0 Å². The molecule has 2 aromatic carbocycles. The SMILES string of the molecule is CCOC(=O)C1=C(N)N(c2ccccc2C(F)(F)F)C2=C(C(=O)[C@H](C(=O)OCC)[C@@H](c3cccs3)C2)[C@H]1c1ccc(F)cc1. The molecule has 0 amide bonds. The van der Waals surface area contributed by atoms with Crippen LogP contribution >= 0.6 is 11.3 Å². The third kappa shape index (κ3) is 5.49. The topological polar surface area (TPSA) is 98.9 Å². The van der Waals surface area contributed by atoms with E-state index in [4.69, 9.17) is 15.2 Å². The van der Waals surface area contributed by atoms with E-state index in [9.17, 15) is 31.9 Å². The van der Waals surface area contributed by atoms with Crippen molar-refractivity contribution < 1.29 is 41.4 Å². The van der Waals surface area contributed by atoms with Crippen LogP contribution in [0.25, 0.3) is 0 Å². The molecule has 1 aromatic heterocycles. The van der Waals surface area contributed by atoms with Gasteiger partial charge >= 0.3 is 18.1 Å². The molecule has 5 rings (SSSR count). The van der Waals surface area contributed by atoms with Gasteiger partial charge in [-0.1, -0.05) is 30.3 Å². The van der Waals surface area contributed by atoms with Crippen LogP contribution in [0.4, 0.5) is 23.2 Å². The summed E-state index contributed by atoms with van der Waals surface area (Å²) in [6, 6.07) is 13.1. The highest BCUT2D eigenvalue weighted by atomic mass is 32.1. The Morgan fingerprint density at radius 2 is 1.68 bits per heavy atom. The van der Waals surface area contributed by atoms with E-state index in [0.29, 0.717) is 4.88 Å². The number of rotatable bonds is 7. The van der Waals surface area contributed by atoms with Crippen LogP contribution in [-0.4, -0.2) is 30.9 Å². The van der Waals surface area contributed by atoms with Crippen LogP contribution in [0.5, 0.6) is 0 Å². The zero-order chi connectivity index (χ0) is 31.8. The average molecular weight is 629 g/mol. The van der Waals surface area contributed by atoms with E-state index in [1.54, 1.807) is 31.4 Å². The first kappa shape index (κ1) is 31.0. The summed E-state index contributed by atoms with van der Waals surface area (Å²) < 4.78 is 67.8. The summed E-state index contributed by atoms with van der Waals surface area (Å²) >= 11 is 1.29. The van der Waals surface area contributed by atoms with Gasteiger partial charge in [0, 0.05) is 22.1 Å². The number of nitrogens with two attached hydrogens (primary N) is 1. The molecule has 3 atom stereocenters. The Kier molecular flexibility index (Phi) is 8.64. The van der Waals surface area contributed by atoms with E-state index in [-0.39, 0.29) is 47.9 Å². The molecule has 2 heterocycles. The molecule has 0 bridgehead atoms. The van der Waals surface area contributed by atoms with Crippen LogP contribution in [0.15, 0.2) is 88.7 Å². The summed E-state index contributed by atoms with van der Waals surface area (Å²) in [6.07, 6.45) is -4.92. The molecule has 1 aliphatic carbocycles. The van der Waals surface area contributed by atoms with Crippen molar-refractivity contribution in [3.63, 3.8) is 0 Å². The molecule has 2 aliphatic rings. The van der Waals surface area contributed by atoms with Crippen LogP contribution in [0, 0.1) is 11.7 Å². The zero-order valence-electron chi connectivity index (χ0n) is 23.7. The Balaban J connectivity index is 1.86. The maximum atomic E-state index is 14.6. The van der Waals surface area contributed by atoms with Crippen molar-refractivity contribution in [3.8, 4) is 0 Å². The van der Waals surface area contributed by atoms with Gasteiger partial charge in [-0.15, -0.1) is 11.3 Å². The Morgan fingerprint density at radius 1 is 1.00 bits per heavy atom. The number of hydrogen-bond acceptors (Lipinski definition) is 8. The number of hydrogen-bond donors (Lipinski definition) is 1. The van der Waals surface area contributed by atoms with E-state index in [2.05, 4.69) is 0 Å². The maximum Gasteiger partial charge on any atom is 0.418 e. The predicted molar refractivity (Wildman–Crippen MR) is 155 cm³/mol. The lowest BCUT2D eigenvalue weighted by Gasteiger charge is -2.44. The average Bonchev–Trinajstić information content (AvgIpc) is 3.52. The van der Waals surface area contributed by atoms with Crippen molar-refractivity contribution >= 4 is 34.7 Å². The van der Waals surface area contributed by atoms with Gasteiger partial charge in [-0.3, -0.25) is 14.5 Å². The number of carbonyl (C=O) groups is 3. The monoisotopic (exact) mass is 628 g/mol. The largest absolute Gasteiger partial charge is 0.465 e. The first-order valence-corrected chi connectivity index (χ1v) is 14.7. The Labute approximate surface area is 254 Å². The highest BCUT2D eigenvalue weighted by Crippen LogP contribution is 2.53. The van der Waals surface area contributed by atoms with Crippen molar-refractivity contribution in [2.24, 2.45) is 11.7 Å². The van der Waals surface area contributed by atoms with E-state index in [1.165, 1.54) is 41.7 Å². The van der Waals surface area contributed by atoms with Gasteiger partial charge in [0.1, 0.15) is 17.6 Å². The molecule has 0 unspecified atom stereocenters. The summed E-state index contributed by atoms with van der Waals surface area (Å²) in [5, 5.41) is 1.76. The number of anilines is 1. The Morgan fingerprint density at radius 3 is 2.30 bits per heavy atom. The quantitative estimate of drug-likeness (QED) is 0.183. The highest BCUT2D eigenvalue weighted by molar-refractivity contribution is 7.10. The number of Topliss-reactive ketones (excluding diaryl/α,β-unsaturated/α-hetero) is 1. The van der Waals surface area contributed by atoms with Gasteiger partial charge in [-0.05, 0) is 61.5 Å². The van der Waals surface area contributed by atoms with Gasteiger partial charge in [0.05, 0.1) is 36.0 Å². The molecule has 1 aliphatic heterocycles. The number of nitrogens with zero attached hydrogens (tertiary/aromatic N) is 1. The van der Waals surface area contributed by atoms with Gasteiger partial charge < -0.3 is 15.2 Å². The summed E-state index contributed by atoms with van der Waals surface area (Å²) in [5.41, 5.74) is 5.12. The molecular formula is C32H28F4N2O5S. The smallest absolute Gasteiger partial charge is 0.418 e. The second-order valence-corrected chi connectivity index (χ2v) is 11.1. The standard InChI is InChI=1S/C32H28F4N2O5S/c1-3-42-30(40)25-19(23-10-7-15-44-23)16-22-26(28(25)39)24(17-11-13-18(33)14-12-17)27(31(41)43-4-2)29(37)38(22)21-9-6-5-8-20(21)32(34,35)36/h5-15,19,24-25H,3-4,16,37H2,1-2H3/t19-,24-,25-/m1/s1. The van der Waals surface area contributed by atoms with Crippen LogP contribution < -0.4 is 10.6 Å². The van der Waals surface area contributed by atoms with Gasteiger partial charge in [0.2, 0.25) is 0 Å². The highest BCUT2D eigenvalue weighted by Gasteiger charge is 2.52. The van der Waals surface area contributed by atoms with Gasteiger partial charge in [-0.25, -0.2) is 9.18 Å². The van der Waals surface area contributed by atoms with Crippen molar-refractivity contribution in [3.05, 3.63) is 111 Å². The number of benzene rings is 2. The normalized spacial score (nSPS) is 20.5. The molecule has 0 saturated carbocycles. The fourth-order valence-electron chi connectivity index (χ4n) is 5.88. The Bertz CT molecular complexity index is 1650. The summed E-state index contributed by atoms with van der Waals surface area (Å²) in [7, 11) is 0.